The quantitative estimate of drug-likeness (QED) is 0.695. The van der Waals surface area contributed by atoms with Gasteiger partial charge in [0.1, 0.15) is 27.4 Å². The first kappa shape index (κ1) is 17.6. The maximum Gasteiger partial charge on any atom is 0.161 e. The van der Waals surface area contributed by atoms with E-state index in [1.807, 2.05) is 25.1 Å². The number of methoxy groups -OCH3 is 2. The Labute approximate surface area is 161 Å². The fraction of sp³-hybridized carbons (Fsp3) is 0.350. The van der Waals surface area contributed by atoms with Gasteiger partial charge in [0.25, 0.3) is 0 Å². The molecule has 0 atom stereocenters. The molecule has 0 bridgehead atoms. The summed E-state index contributed by atoms with van der Waals surface area (Å²) in [4.78, 5) is 11.1. The van der Waals surface area contributed by atoms with E-state index in [-0.39, 0.29) is 0 Å². The summed E-state index contributed by atoms with van der Waals surface area (Å²) in [5, 5.41) is 13.9. The van der Waals surface area contributed by atoms with Gasteiger partial charge in [0.05, 0.1) is 19.6 Å². The van der Waals surface area contributed by atoms with Gasteiger partial charge in [0.15, 0.2) is 11.5 Å². The average Bonchev–Trinajstić information content (AvgIpc) is 3.43. The molecule has 1 aliphatic rings. The van der Waals surface area contributed by atoms with Crippen LogP contribution in [-0.4, -0.2) is 30.2 Å². The fourth-order valence-corrected chi connectivity index (χ4v) is 4.06. The molecule has 27 heavy (non-hydrogen) atoms. The van der Waals surface area contributed by atoms with Crippen LogP contribution in [0.1, 0.15) is 34.7 Å². The molecule has 7 heteroatoms. The number of thiophene rings is 1. The molecule has 4 rings (SSSR count). The minimum atomic E-state index is 0.474. The third-order valence-electron chi connectivity index (χ3n) is 4.67. The van der Waals surface area contributed by atoms with Crippen molar-refractivity contribution < 1.29 is 9.47 Å². The summed E-state index contributed by atoms with van der Waals surface area (Å²) in [6.07, 6.45) is 2.89. The van der Waals surface area contributed by atoms with Crippen LogP contribution in [0.15, 0.2) is 18.2 Å². The van der Waals surface area contributed by atoms with Gasteiger partial charge in [-0.25, -0.2) is 9.97 Å². The Morgan fingerprint density at radius 2 is 2.00 bits per heavy atom. The standard InChI is InChI=1S/C20H20N4O2S/c1-11-16(10-21)27-20-18(11)19(22-13-5-6-13)23-17(24-20)9-12-4-7-14(25-2)15(8-12)26-3/h4,7-8,13H,5-6,9H2,1-3H3,(H,22,23,24). The first-order valence-corrected chi connectivity index (χ1v) is 9.62. The van der Waals surface area contributed by atoms with Crippen molar-refractivity contribution in [2.45, 2.75) is 32.2 Å². The van der Waals surface area contributed by atoms with Crippen molar-refractivity contribution in [3.63, 3.8) is 0 Å². The van der Waals surface area contributed by atoms with Gasteiger partial charge in [-0.3, -0.25) is 0 Å². The van der Waals surface area contributed by atoms with Crippen molar-refractivity contribution in [2.24, 2.45) is 0 Å². The van der Waals surface area contributed by atoms with E-state index < -0.39 is 0 Å². The van der Waals surface area contributed by atoms with Crippen LogP contribution >= 0.6 is 11.3 Å². The van der Waals surface area contributed by atoms with E-state index in [2.05, 4.69) is 11.4 Å². The van der Waals surface area contributed by atoms with Gasteiger partial charge in [-0.2, -0.15) is 5.26 Å². The minimum absolute atomic E-state index is 0.474. The highest BCUT2D eigenvalue weighted by molar-refractivity contribution is 7.19. The van der Waals surface area contributed by atoms with Gasteiger partial charge in [0, 0.05) is 12.5 Å². The second-order valence-electron chi connectivity index (χ2n) is 6.62. The zero-order valence-electron chi connectivity index (χ0n) is 15.5. The number of anilines is 1. The summed E-state index contributed by atoms with van der Waals surface area (Å²) in [5.41, 5.74) is 2.00. The van der Waals surface area contributed by atoms with E-state index in [1.165, 1.54) is 11.3 Å². The third kappa shape index (κ3) is 3.40. The molecule has 0 amide bonds. The lowest BCUT2D eigenvalue weighted by Gasteiger charge is -2.11. The number of aryl methyl sites for hydroxylation is 1. The van der Waals surface area contributed by atoms with Crippen LogP contribution in [0, 0.1) is 18.3 Å². The number of ether oxygens (including phenoxy) is 2. The van der Waals surface area contributed by atoms with E-state index in [1.54, 1.807) is 14.2 Å². The van der Waals surface area contributed by atoms with Crippen LogP contribution in [0.5, 0.6) is 11.5 Å². The van der Waals surface area contributed by atoms with Crippen LogP contribution in [-0.2, 0) is 6.42 Å². The number of fused-ring (bicyclic) bond motifs is 1. The van der Waals surface area contributed by atoms with E-state index in [4.69, 9.17) is 19.4 Å². The van der Waals surface area contributed by atoms with Crippen molar-refractivity contribution in [2.75, 3.05) is 19.5 Å². The largest absolute Gasteiger partial charge is 0.493 e. The van der Waals surface area contributed by atoms with Gasteiger partial charge in [-0.1, -0.05) is 6.07 Å². The number of aromatic nitrogens is 2. The number of hydrogen-bond donors (Lipinski definition) is 1. The van der Waals surface area contributed by atoms with Crippen LogP contribution in [0.3, 0.4) is 0 Å². The summed E-state index contributed by atoms with van der Waals surface area (Å²) >= 11 is 1.43. The molecule has 0 radical (unpaired) electrons. The molecule has 0 aliphatic heterocycles. The molecule has 0 unspecified atom stereocenters. The van der Waals surface area contributed by atoms with Gasteiger partial charge >= 0.3 is 0 Å². The lowest BCUT2D eigenvalue weighted by Crippen LogP contribution is -2.07. The molecule has 1 fully saturated rings. The Hall–Kier alpha value is -2.85. The summed E-state index contributed by atoms with van der Waals surface area (Å²) in [6, 6.07) is 8.57. The average molecular weight is 380 g/mol. The Kier molecular flexibility index (Phi) is 4.58. The molecular formula is C20H20N4O2S. The van der Waals surface area contributed by atoms with Crippen molar-refractivity contribution in [1.29, 1.82) is 5.26 Å². The predicted octanol–water partition coefficient (Wildman–Crippen LogP) is 4.05. The molecule has 0 saturated heterocycles. The van der Waals surface area contributed by atoms with Crippen molar-refractivity contribution in [3.05, 3.63) is 40.0 Å². The van der Waals surface area contributed by atoms with Crippen LogP contribution in [0.4, 0.5) is 5.82 Å². The van der Waals surface area contributed by atoms with Gasteiger partial charge < -0.3 is 14.8 Å². The highest BCUT2D eigenvalue weighted by atomic mass is 32.1. The monoisotopic (exact) mass is 380 g/mol. The first-order valence-electron chi connectivity index (χ1n) is 8.80. The van der Waals surface area contributed by atoms with Gasteiger partial charge in [-0.15, -0.1) is 11.3 Å². The highest BCUT2D eigenvalue weighted by Crippen LogP contribution is 2.36. The van der Waals surface area contributed by atoms with E-state index in [0.717, 1.165) is 45.8 Å². The Balaban J connectivity index is 1.74. The number of rotatable bonds is 6. The number of hydrogen-bond acceptors (Lipinski definition) is 7. The highest BCUT2D eigenvalue weighted by Gasteiger charge is 2.24. The van der Waals surface area contributed by atoms with E-state index in [9.17, 15) is 5.26 Å². The summed E-state index contributed by atoms with van der Waals surface area (Å²) < 4.78 is 10.7. The normalized spacial score (nSPS) is 13.4. The van der Waals surface area contributed by atoms with Gasteiger partial charge in [0.2, 0.25) is 0 Å². The zero-order valence-corrected chi connectivity index (χ0v) is 16.3. The van der Waals surface area contributed by atoms with Crippen LogP contribution in [0.2, 0.25) is 0 Å². The van der Waals surface area contributed by atoms with Crippen molar-refractivity contribution in [3.8, 4) is 17.6 Å². The molecule has 1 aliphatic carbocycles. The molecule has 1 saturated carbocycles. The van der Waals surface area contributed by atoms with E-state index >= 15 is 0 Å². The van der Waals surface area contributed by atoms with Crippen LogP contribution in [0.25, 0.3) is 10.2 Å². The first-order chi connectivity index (χ1) is 13.1. The second-order valence-corrected chi connectivity index (χ2v) is 7.62. The van der Waals surface area contributed by atoms with Crippen molar-refractivity contribution in [1.82, 2.24) is 9.97 Å². The molecule has 6 nitrogen and oxygen atoms in total. The third-order valence-corrected chi connectivity index (χ3v) is 5.76. The molecule has 3 aromatic rings. The summed E-state index contributed by atoms with van der Waals surface area (Å²) in [6.45, 7) is 1.97. The molecule has 2 heterocycles. The Morgan fingerprint density at radius 1 is 1.22 bits per heavy atom. The smallest absolute Gasteiger partial charge is 0.161 e. The fourth-order valence-electron chi connectivity index (χ4n) is 3.07. The molecule has 0 spiro atoms. The Morgan fingerprint density at radius 3 is 2.67 bits per heavy atom. The predicted molar refractivity (Wildman–Crippen MR) is 106 cm³/mol. The lowest BCUT2D eigenvalue weighted by atomic mass is 10.1. The SMILES string of the molecule is COc1ccc(Cc2nc(NC3CC3)c3c(C)c(C#N)sc3n2)cc1OC. The number of nitrogens with one attached hydrogen (secondary N) is 1. The second kappa shape index (κ2) is 7.05. The topological polar surface area (TPSA) is 80.1 Å². The lowest BCUT2D eigenvalue weighted by molar-refractivity contribution is 0.354. The van der Waals surface area contributed by atoms with Crippen LogP contribution < -0.4 is 14.8 Å². The Bertz CT molecular complexity index is 1050. The van der Waals surface area contributed by atoms with Gasteiger partial charge in [-0.05, 0) is 43.0 Å². The molecule has 1 N–H and O–H groups in total. The molecular weight excluding hydrogens is 360 g/mol. The minimum Gasteiger partial charge on any atom is -0.493 e. The summed E-state index contributed by atoms with van der Waals surface area (Å²) in [5.74, 6) is 2.95. The summed E-state index contributed by atoms with van der Waals surface area (Å²) in [7, 11) is 3.25. The maximum absolute atomic E-state index is 9.38. The number of nitriles is 1. The molecule has 1 aromatic carbocycles. The molecule has 2 aromatic heterocycles. The van der Waals surface area contributed by atoms with E-state index in [0.29, 0.717) is 28.8 Å². The van der Waals surface area contributed by atoms with Crippen molar-refractivity contribution >= 4 is 27.4 Å². The molecule has 138 valence electrons. The number of nitrogens with zero attached hydrogens (tertiary/aromatic N) is 3. The zero-order chi connectivity index (χ0) is 19.0. The maximum atomic E-state index is 9.38. The number of benzene rings is 1.